The topological polar surface area (TPSA) is 18.5 Å². The summed E-state index contributed by atoms with van der Waals surface area (Å²) >= 11 is 0. The van der Waals surface area contributed by atoms with Gasteiger partial charge in [0.2, 0.25) is 0 Å². The van der Waals surface area contributed by atoms with Crippen LogP contribution in [0.3, 0.4) is 0 Å². The fraction of sp³-hybridized carbons (Fsp3) is 0.833. The van der Waals surface area contributed by atoms with Crippen LogP contribution in [0, 0.1) is 0 Å². The van der Waals surface area contributed by atoms with E-state index in [-0.39, 0.29) is 0 Å². The highest BCUT2D eigenvalue weighted by molar-refractivity contribution is 4.86. The number of rotatable bonds is 5. The van der Waals surface area contributed by atoms with Crippen LogP contribution in [-0.4, -0.2) is 61.7 Å². The summed E-state index contributed by atoms with van der Waals surface area (Å²) in [7, 11) is 0. The van der Waals surface area contributed by atoms with Gasteiger partial charge in [-0.2, -0.15) is 0 Å². The van der Waals surface area contributed by atoms with Crippen molar-refractivity contribution in [3.63, 3.8) is 0 Å². The molecule has 2 aliphatic rings. The molecule has 15 heavy (non-hydrogen) atoms. The molecule has 0 aromatic heterocycles. The standard InChI is InChI=1S/C12H23N3/c1-2-5-13-6-8-14-9-10-15-7-3-4-12(15)11-14/h2,12-13H,1,3-11H2. The predicted octanol–water partition coefficient (Wildman–Crippen LogP) is 0.542. The van der Waals surface area contributed by atoms with Crippen molar-refractivity contribution in [2.45, 2.75) is 18.9 Å². The maximum atomic E-state index is 3.71. The molecule has 0 aliphatic carbocycles. The number of nitrogens with one attached hydrogen (secondary N) is 1. The molecule has 0 aromatic carbocycles. The molecule has 0 bridgehead atoms. The van der Waals surface area contributed by atoms with Gasteiger partial charge in [-0.15, -0.1) is 6.58 Å². The molecule has 0 aromatic rings. The van der Waals surface area contributed by atoms with Crippen LogP contribution in [0.1, 0.15) is 12.8 Å². The third-order valence-corrected chi connectivity index (χ3v) is 3.56. The van der Waals surface area contributed by atoms with E-state index in [2.05, 4.69) is 21.7 Å². The van der Waals surface area contributed by atoms with Crippen molar-refractivity contribution in [1.29, 1.82) is 0 Å². The van der Waals surface area contributed by atoms with Gasteiger partial charge in [-0.3, -0.25) is 9.80 Å². The smallest absolute Gasteiger partial charge is 0.0224 e. The van der Waals surface area contributed by atoms with Crippen molar-refractivity contribution in [3.05, 3.63) is 12.7 Å². The largest absolute Gasteiger partial charge is 0.312 e. The molecule has 0 radical (unpaired) electrons. The lowest BCUT2D eigenvalue weighted by Gasteiger charge is -2.37. The van der Waals surface area contributed by atoms with Crippen molar-refractivity contribution in [1.82, 2.24) is 15.1 Å². The lowest BCUT2D eigenvalue weighted by Crippen LogP contribution is -2.51. The van der Waals surface area contributed by atoms with E-state index < -0.39 is 0 Å². The third-order valence-electron chi connectivity index (χ3n) is 3.56. The lowest BCUT2D eigenvalue weighted by molar-refractivity contribution is 0.105. The average molecular weight is 209 g/mol. The van der Waals surface area contributed by atoms with E-state index in [1.807, 2.05) is 6.08 Å². The Bertz CT molecular complexity index is 205. The number of piperazine rings is 1. The van der Waals surface area contributed by atoms with Crippen LogP contribution in [0.25, 0.3) is 0 Å². The highest BCUT2D eigenvalue weighted by atomic mass is 15.3. The van der Waals surface area contributed by atoms with Crippen molar-refractivity contribution in [2.75, 3.05) is 45.8 Å². The Labute approximate surface area is 93.1 Å². The summed E-state index contributed by atoms with van der Waals surface area (Å²) in [4.78, 5) is 5.26. The molecule has 0 amide bonds. The highest BCUT2D eigenvalue weighted by Crippen LogP contribution is 2.20. The van der Waals surface area contributed by atoms with Crippen LogP contribution < -0.4 is 5.32 Å². The first-order valence-corrected chi connectivity index (χ1v) is 6.18. The van der Waals surface area contributed by atoms with Gasteiger partial charge in [0.25, 0.3) is 0 Å². The molecule has 3 heteroatoms. The van der Waals surface area contributed by atoms with Gasteiger partial charge in [-0.1, -0.05) is 6.08 Å². The number of hydrogen-bond acceptors (Lipinski definition) is 3. The highest BCUT2D eigenvalue weighted by Gasteiger charge is 2.29. The quantitative estimate of drug-likeness (QED) is 0.527. The van der Waals surface area contributed by atoms with Gasteiger partial charge in [0.1, 0.15) is 0 Å². The fourth-order valence-electron chi connectivity index (χ4n) is 2.70. The second-order valence-electron chi connectivity index (χ2n) is 4.63. The molecule has 0 spiro atoms. The van der Waals surface area contributed by atoms with E-state index >= 15 is 0 Å². The monoisotopic (exact) mass is 209 g/mol. The van der Waals surface area contributed by atoms with Gasteiger partial charge in [0.05, 0.1) is 0 Å². The molecule has 2 rings (SSSR count). The first-order valence-electron chi connectivity index (χ1n) is 6.18. The minimum Gasteiger partial charge on any atom is -0.312 e. The predicted molar refractivity (Wildman–Crippen MR) is 64.1 cm³/mol. The van der Waals surface area contributed by atoms with E-state index in [1.165, 1.54) is 45.6 Å². The lowest BCUT2D eigenvalue weighted by atomic mass is 10.1. The summed E-state index contributed by atoms with van der Waals surface area (Å²) in [6, 6.07) is 0.859. The van der Waals surface area contributed by atoms with Crippen LogP contribution in [-0.2, 0) is 0 Å². The molecule has 0 saturated carbocycles. The molecule has 1 atom stereocenters. The minimum absolute atomic E-state index is 0.859. The minimum atomic E-state index is 0.859. The Kier molecular flexibility index (Phi) is 4.18. The average Bonchev–Trinajstić information content (AvgIpc) is 2.71. The Morgan fingerprint density at radius 3 is 3.13 bits per heavy atom. The summed E-state index contributed by atoms with van der Waals surface area (Å²) in [5.41, 5.74) is 0. The first kappa shape index (κ1) is 11.1. The van der Waals surface area contributed by atoms with Crippen LogP contribution in [0.2, 0.25) is 0 Å². The Hall–Kier alpha value is -0.380. The molecule has 2 saturated heterocycles. The molecule has 2 heterocycles. The summed E-state index contributed by atoms with van der Waals surface area (Å²) in [6.45, 7) is 12.1. The number of nitrogens with zero attached hydrogens (tertiary/aromatic N) is 2. The van der Waals surface area contributed by atoms with Gasteiger partial charge < -0.3 is 5.32 Å². The Morgan fingerprint density at radius 2 is 2.27 bits per heavy atom. The molecule has 2 aliphatic heterocycles. The first-order chi connectivity index (χ1) is 7.40. The summed E-state index contributed by atoms with van der Waals surface area (Å²) in [5, 5.41) is 3.37. The van der Waals surface area contributed by atoms with Gasteiger partial charge in [-0.25, -0.2) is 0 Å². The molecular weight excluding hydrogens is 186 g/mol. The third kappa shape index (κ3) is 3.03. The molecule has 3 nitrogen and oxygen atoms in total. The normalized spacial score (nSPS) is 27.9. The second kappa shape index (κ2) is 5.64. The van der Waals surface area contributed by atoms with E-state index in [0.717, 1.165) is 19.1 Å². The maximum absolute atomic E-state index is 3.71. The van der Waals surface area contributed by atoms with Crippen LogP contribution >= 0.6 is 0 Å². The van der Waals surface area contributed by atoms with Gasteiger partial charge in [-0.05, 0) is 19.4 Å². The maximum Gasteiger partial charge on any atom is 0.0224 e. The second-order valence-corrected chi connectivity index (χ2v) is 4.63. The van der Waals surface area contributed by atoms with Crippen molar-refractivity contribution < 1.29 is 0 Å². The van der Waals surface area contributed by atoms with Crippen molar-refractivity contribution >= 4 is 0 Å². The zero-order valence-corrected chi connectivity index (χ0v) is 9.62. The molecule has 2 fully saturated rings. The van der Waals surface area contributed by atoms with E-state index in [9.17, 15) is 0 Å². The SMILES string of the molecule is C=CCNCCN1CCN2CCCC2C1. The molecule has 1 unspecified atom stereocenters. The number of fused-ring (bicyclic) bond motifs is 1. The number of hydrogen-bond donors (Lipinski definition) is 1. The fourth-order valence-corrected chi connectivity index (χ4v) is 2.70. The Morgan fingerprint density at radius 1 is 1.33 bits per heavy atom. The van der Waals surface area contributed by atoms with Gasteiger partial charge >= 0.3 is 0 Å². The van der Waals surface area contributed by atoms with E-state index in [0.29, 0.717) is 0 Å². The van der Waals surface area contributed by atoms with Crippen molar-refractivity contribution in [2.24, 2.45) is 0 Å². The van der Waals surface area contributed by atoms with Gasteiger partial charge in [0.15, 0.2) is 0 Å². The van der Waals surface area contributed by atoms with Gasteiger partial charge in [0, 0.05) is 45.3 Å². The summed E-state index contributed by atoms with van der Waals surface area (Å²) in [6.07, 6.45) is 4.75. The molecule has 86 valence electrons. The van der Waals surface area contributed by atoms with Crippen LogP contribution in [0.5, 0.6) is 0 Å². The summed E-state index contributed by atoms with van der Waals surface area (Å²) in [5.74, 6) is 0. The zero-order valence-electron chi connectivity index (χ0n) is 9.62. The van der Waals surface area contributed by atoms with Crippen molar-refractivity contribution in [3.8, 4) is 0 Å². The zero-order chi connectivity index (χ0) is 10.5. The molecule has 1 N–H and O–H groups in total. The molecular formula is C12H23N3. The van der Waals surface area contributed by atoms with Crippen LogP contribution in [0.15, 0.2) is 12.7 Å². The Balaban J connectivity index is 1.64. The van der Waals surface area contributed by atoms with E-state index in [4.69, 9.17) is 0 Å². The summed E-state index contributed by atoms with van der Waals surface area (Å²) < 4.78 is 0. The van der Waals surface area contributed by atoms with Crippen LogP contribution in [0.4, 0.5) is 0 Å². The van der Waals surface area contributed by atoms with E-state index in [1.54, 1.807) is 0 Å².